The van der Waals surface area contributed by atoms with E-state index in [1.54, 1.807) is 24.4 Å². The van der Waals surface area contributed by atoms with Gasteiger partial charge in [-0.15, -0.1) is 0 Å². The van der Waals surface area contributed by atoms with Gasteiger partial charge < -0.3 is 5.32 Å². The average Bonchev–Trinajstić information content (AvgIpc) is 3.14. The van der Waals surface area contributed by atoms with Crippen LogP contribution in [-0.2, 0) is 19.8 Å². The maximum absolute atomic E-state index is 12.9. The first kappa shape index (κ1) is 20.7. The summed E-state index contributed by atoms with van der Waals surface area (Å²) < 4.78 is 40.7. The van der Waals surface area contributed by atoms with Gasteiger partial charge in [-0.2, -0.15) is 23.4 Å². The summed E-state index contributed by atoms with van der Waals surface area (Å²) in [6.45, 7) is 0.252. The van der Waals surface area contributed by atoms with Gasteiger partial charge >= 0.3 is 6.18 Å². The van der Waals surface area contributed by atoms with Crippen LogP contribution < -0.4 is 5.32 Å². The summed E-state index contributed by atoms with van der Waals surface area (Å²) in [6.07, 6.45) is -3.11. The summed E-state index contributed by atoms with van der Waals surface area (Å²) in [6, 6.07) is 6.59. The second-order valence-electron chi connectivity index (χ2n) is 5.69. The highest BCUT2D eigenvalue weighted by Crippen LogP contribution is 2.35. The van der Waals surface area contributed by atoms with E-state index in [9.17, 15) is 18.0 Å². The van der Waals surface area contributed by atoms with Crippen molar-refractivity contribution in [1.29, 1.82) is 0 Å². The first-order chi connectivity index (χ1) is 13.1. The van der Waals surface area contributed by atoms with Crippen LogP contribution in [0.15, 0.2) is 34.9 Å². The van der Waals surface area contributed by atoms with Crippen LogP contribution in [0.5, 0.6) is 0 Å². The molecule has 3 rings (SSSR count). The second kappa shape index (κ2) is 7.76. The molecule has 28 heavy (non-hydrogen) atoms. The number of anilines is 1. The van der Waals surface area contributed by atoms with Gasteiger partial charge in [0.1, 0.15) is 5.69 Å². The Morgan fingerprint density at radius 2 is 1.86 bits per heavy atom. The highest BCUT2D eigenvalue weighted by molar-refractivity contribution is 9.10. The van der Waals surface area contributed by atoms with E-state index in [1.165, 1.54) is 17.8 Å². The predicted octanol–water partition coefficient (Wildman–Crippen LogP) is 5.01. The lowest BCUT2D eigenvalue weighted by Crippen LogP contribution is -2.17. The number of aryl methyl sites for hydroxylation is 1. The number of hydrogen-bond acceptors (Lipinski definition) is 3. The summed E-state index contributed by atoms with van der Waals surface area (Å²) in [5.74, 6) is -0.645. The molecule has 0 saturated carbocycles. The van der Waals surface area contributed by atoms with E-state index in [0.29, 0.717) is 15.6 Å². The smallest absolute Gasteiger partial charge is 0.304 e. The number of nitrogens with zero attached hydrogens (tertiary/aromatic N) is 4. The molecule has 0 aliphatic carbocycles. The molecule has 0 bridgehead atoms. The van der Waals surface area contributed by atoms with Crippen LogP contribution in [-0.4, -0.2) is 25.5 Å². The molecular weight excluding hydrogens is 486 g/mol. The lowest BCUT2D eigenvalue weighted by Gasteiger charge is -2.07. The number of aromatic nitrogens is 4. The Morgan fingerprint density at radius 1 is 1.21 bits per heavy atom. The summed E-state index contributed by atoms with van der Waals surface area (Å²) in [4.78, 5) is 12.4. The van der Waals surface area contributed by atoms with Gasteiger partial charge in [0, 0.05) is 34.9 Å². The SMILES string of the molecule is Cn1nc(C(F)(F)F)c(Br)c1C(=O)Nc1ccn(Cc2c(Cl)cccc2Cl)n1. The number of alkyl halides is 3. The van der Waals surface area contributed by atoms with Crippen LogP contribution in [0.3, 0.4) is 0 Å². The van der Waals surface area contributed by atoms with Gasteiger partial charge in [0.15, 0.2) is 11.5 Å². The third-order valence-electron chi connectivity index (χ3n) is 3.74. The van der Waals surface area contributed by atoms with E-state index >= 15 is 0 Å². The number of carbonyl (C=O) groups excluding carboxylic acids is 1. The predicted molar refractivity (Wildman–Crippen MR) is 102 cm³/mol. The fourth-order valence-corrected chi connectivity index (χ4v) is 3.72. The van der Waals surface area contributed by atoms with Gasteiger partial charge in [-0.05, 0) is 28.1 Å². The molecule has 12 heteroatoms. The molecule has 0 spiro atoms. The minimum Gasteiger partial charge on any atom is -0.304 e. The Bertz CT molecular complexity index is 1030. The molecule has 0 radical (unpaired) electrons. The first-order valence-corrected chi connectivity index (χ1v) is 9.20. The van der Waals surface area contributed by atoms with Crippen LogP contribution in [0.2, 0.25) is 10.0 Å². The maximum atomic E-state index is 12.9. The molecule has 6 nitrogen and oxygen atoms in total. The zero-order chi connectivity index (χ0) is 20.6. The first-order valence-electron chi connectivity index (χ1n) is 7.65. The van der Waals surface area contributed by atoms with Crippen molar-refractivity contribution in [3.05, 3.63) is 61.9 Å². The fraction of sp³-hybridized carbons (Fsp3) is 0.188. The molecule has 2 heterocycles. The lowest BCUT2D eigenvalue weighted by atomic mass is 10.2. The topological polar surface area (TPSA) is 64.7 Å². The van der Waals surface area contributed by atoms with Crippen molar-refractivity contribution in [1.82, 2.24) is 19.6 Å². The molecule has 0 aliphatic heterocycles. The normalized spacial score (nSPS) is 11.7. The van der Waals surface area contributed by atoms with Gasteiger partial charge in [0.2, 0.25) is 0 Å². The van der Waals surface area contributed by atoms with Crippen molar-refractivity contribution in [3.63, 3.8) is 0 Å². The van der Waals surface area contributed by atoms with Crippen LogP contribution in [0, 0.1) is 0 Å². The van der Waals surface area contributed by atoms with E-state index in [-0.39, 0.29) is 18.1 Å². The fourth-order valence-electron chi connectivity index (χ4n) is 2.46. The van der Waals surface area contributed by atoms with E-state index in [0.717, 1.165) is 4.68 Å². The Balaban J connectivity index is 1.79. The van der Waals surface area contributed by atoms with E-state index in [1.807, 2.05) is 0 Å². The van der Waals surface area contributed by atoms with Gasteiger partial charge in [-0.1, -0.05) is 29.3 Å². The molecule has 0 saturated heterocycles. The molecule has 0 atom stereocenters. The van der Waals surface area contributed by atoms with Crippen LogP contribution in [0.25, 0.3) is 0 Å². The van der Waals surface area contributed by atoms with Gasteiger partial charge in [0.25, 0.3) is 5.91 Å². The summed E-state index contributed by atoms with van der Waals surface area (Å²) in [7, 11) is 1.24. The molecule has 148 valence electrons. The van der Waals surface area contributed by atoms with Crippen molar-refractivity contribution in [2.24, 2.45) is 7.05 Å². The minimum atomic E-state index is -4.69. The van der Waals surface area contributed by atoms with Gasteiger partial charge in [0.05, 0.1) is 11.0 Å². The van der Waals surface area contributed by atoms with E-state index in [4.69, 9.17) is 23.2 Å². The third-order valence-corrected chi connectivity index (χ3v) is 5.20. The molecule has 0 aliphatic rings. The van der Waals surface area contributed by atoms with Crippen molar-refractivity contribution in [2.45, 2.75) is 12.7 Å². The van der Waals surface area contributed by atoms with Crippen molar-refractivity contribution >= 4 is 50.9 Å². The summed E-state index contributed by atoms with van der Waals surface area (Å²) in [5, 5.41) is 10.9. The standard InChI is InChI=1S/C16H11BrCl2F3N5O/c1-26-13(12(17)14(25-26)16(20,21)22)15(28)23-11-5-6-27(24-11)7-8-9(18)3-2-4-10(8)19/h2-6H,7H2,1H3,(H,23,24,28). The largest absolute Gasteiger partial charge is 0.436 e. The van der Waals surface area contributed by atoms with Crippen molar-refractivity contribution in [2.75, 3.05) is 5.32 Å². The maximum Gasteiger partial charge on any atom is 0.436 e. The molecule has 1 amide bonds. The Hall–Kier alpha value is -2.04. The quantitative estimate of drug-likeness (QED) is 0.552. The number of hydrogen-bond donors (Lipinski definition) is 1. The van der Waals surface area contributed by atoms with Crippen LogP contribution >= 0.6 is 39.1 Å². The minimum absolute atomic E-state index is 0.148. The Labute approximate surface area is 175 Å². The molecule has 1 N–H and O–H groups in total. The van der Waals surface area contributed by atoms with Crippen molar-refractivity contribution in [3.8, 4) is 0 Å². The van der Waals surface area contributed by atoms with E-state index < -0.39 is 22.3 Å². The molecular formula is C16H11BrCl2F3N5O. The molecule has 3 aromatic rings. The number of carbonyl (C=O) groups is 1. The number of rotatable bonds is 4. The highest BCUT2D eigenvalue weighted by atomic mass is 79.9. The average molecular weight is 497 g/mol. The lowest BCUT2D eigenvalue weighted by molar-refractivity contribution is -0.142. The Kier molecular flexibility index (Phi) is 5.74. The number of benzene rings is 1. The van der Waals surface area contributed by atoms with Crippen LogP contribution in [0.1, 0.15) is 21.7 Å². The number of nitrogens with one attached hydrogen (secondary N) is 1. The monoisotopic (exact) mass is 495 g/mol. The van der Waals surface area contributed by atoms with Gasteiger partial charge in [-0.25, -0.2) is 0 Å². The highest BCUT2D eigenvalue weighted by Gasteiger charge is 2.39. The zero-order valence-corrected chi connectivity index (χ0v) is 17.2. The zero-order valence-electron chi connectivity index (χ0n) is 14.1. The second-order valence-corrected chi connectivity index (χ2v) is 7.29. The molecule has 0 unspecified atom stereocenters. The molecule has 0 fully saturated rings. The Morgan fingerprint density at radius 3 is 2.43 bits per heavy atom. The third kappa shape index (κ3) is 4.18. The van der Waals surface area contributed by atoms with Gasteiger partial charge in [-0.3, -0.25) is 14.2 Å². The molecule has 2 aromatic heterocycles. The summed E-state index contributed by atoms with van der Waals surface area (Å²) in [5.41, 5.74) is -0.814. The van der Waals surface area contributed by atoms with Crippen molar-refractivity contribution < 1.29 is 18.0 Å². The van der Waals surface area contributed by atoms with Crippen LogP contribution in [0.4, 0.5) is 19.0 Å². The van der Waals surface area contributed by atoms with E-state index in [2.05, 4.69) is 31.4 Å². The molecule has 1 aromatic carbocycles. The summed E-state index contributed by atoms with van der Waals surface area (Å²) >= 11 is 15.0. The number of halogens is 6. The number of amides is 1.